The minimum Gasteiger partial charge on any atom is -0.452 e. The summed E-state index contributed by atoms with van der Waals surface area (Å²) in [4.78, 5) is 36.1. The van der Waals surface area contributed by atoms with Crippen LogP contribution in [0.1, 0.15) is 18.9 Å². The number of nitrogens with one attached hydrogen (secondary N) is 1. The van der Waals surface area contributed by atoms with E-state index in [9.17, 15) is 18.8 Å². The summed E-state index contributed by atoms with van der Waals surface area (Å²) in [5.74, 6) is -1.59. The standard InChI is InChI=1S/C21H20FN3O4/c1-13-7-8-15(11-17(13)22)24-21(28)14(2)29-20(27)9-10-25-18-6-4-3-5-16(18)19(26)12-23-25/h3-8,11-12,14H,9-10H2,1-2H3,(H,24,28)/t14-/m0/s1. The van der Waals surface area contributed by atoms with Crippen molar-refractivity contribution in [3.63, 3.8) is 0 Å². The van der Waals surface area contributed by atoms with Crippen LogP contribution in [0.25, 0.3) is 10.9 Å². The molecule has 1 amide bonds. The molecule has 3 aromatic rings. The normalized spacial score (nSPS) is 11.8. The van der Waals surface area contributed by atoms with E-state index in [1.165, 1.54) is 23.9 Å². The van der Waals surface area contributed by atoms with Crippen molar-refractivity contribution in [2.45, 2.75) is 32.9 Å². The fourth-order valence-electron chi connectivity index (χ4n) is 2.76. The number of benzene rings is 2. The van der Waals surface area contributed by atoms with Crippen LogP contribution in [0.15, 0.2) is 53.5 Å². The van der Waals surface area contributed by atoms with Crippen LogP contribution in [0, 0.1) is 12.7 Å². The molecule has 0 aliphatic heterocycles. The van der Waals surface area contributed by atoms with Crippen molar-refractivity contribution < 1.29 is 18.7 Å². The molecule has 2 aromatic carbocycles. The highest BCUT2D eigenvalue weighted by atomic mass is 19.1. The summed E-state index contributed by atoms with van der Waals surface area (Å²) < 4.78 is 20.3. The van der Waals surface area contributed by atoms with E-state index < -0.39 is 23.8 Å². The number of hydrogen-bond donors (Lipinski definition) is 1. The van der Waals surface area contributed by atoms with Crippen molar-refractivity contribution in [3.8, 4) is 0 Å². The van der Waals surface area contributed by atoms with Gasteiger partial charge in [0.2, 0.25) is 5.43 Å². The van der Waals surface area contributed by atoms with Gasteiger partial charge in [0.15, 0.2) is 6.10 Å². The number of nitrogens with zero attached hydrogens (tertiary/aromatic N) is 2. The zero-order chi connectivity index (χ0) is 21.0. The van der Waals surface area contributed by atoms with Crippen LogP contribution in [0.2, 0.25) is 0 Å². The number of ether oxygens (including phenoxy) is 1. The van der Waals surface area contributed by atoms with Gasteiger partial charge < -0.3 is 10.1 Å². The second-order valence-corrected chi connectivity index (χ2v) is 6.58. The number of esters is 1. The van der Waals surface area contributed by atoms with Crippen LogP contribution in [0.3, 0.4) is 0 Å². The van der Waals surface area contributed by atoms with E-state index in [0.29, 0.717) is 16.5 Å². The molecule has 7 nitrogen and oxygen atoms in total. The summed E-state index contributed by atoms with van der Waals surface area (Å²) in [6, 6.07) is 11.3. The van der Waals surface area contributed by atoms with E-state index in [4.69, 9.17) is 4.74 Å². The van der Waals surface area contributed by atoms with Crippen molar-refractivity contribution in [1.82, 2.24) is 9.78 Å². The summed E-state index contributed by atoms with van der Waals surface area (Å²) in [6.07, 6.45) is 0.117. The molecule has 1 aromatic heterocycles. The molecule has 8 heteroatoms. The Morgan fingerprint density at radius 3 is 2.76 bits per heavy atom. The van der Waals surface area contributed by atoms with Crippen LogP contribution in [0.5, 0.6) is 0 Å². The minimum atomic E-state index is -1.05. The number of halogens is 1. The van der Waals surface area contributed by atoms with Gasteiger partial charge in [-0.2, -0.15) is 5.10 Å². The highest BCUT2D eigenvalue weighted by molar-refractivity contribution is 5.95. The Morgan fingerprint density at radius 2 is 2.00 bits per heavy atom. The Balaban J connectivity index is 1.58. The molecule has 0 aliphatic rings. The predicted molar refractivity (Wildman–Crippen MR) is 106 cm³/mol. The lowest BCUT2D eigenvalue weighted by molar-refractivity contribution is -0.153. The van der Waals surface area contributed by atoms with E-state index in [2.05, 4.69) is 10.4 Å². The molecule has 1 N–H and O–H groups in total. The van der Waals surface area contributed by atoms with Gasteiger partial charge in [-0.15, -0.1) is 0 Å². The Morgan fingerprint density at radius 1 is 1.24 bits per heavy atom. The van der Waals surface area contributed by atoms with Gasteiger partial charge in [0, 0.05) is 11.1 Å². The molecule has 0 bridgehead atoms. The average molecular weight is 397 g/mol. The van der Waals surface area contributed by atoms with Crippen LogP contribution in [-0.4, -0.2) is 27.8 Å². The van der Waals surface area contributed by atoms with E-state index >= 15 is 0 Å². The third-order valence-corrected chi connectivity index (χ3v) is 4.41. The summed E-state index contributed by atoms with van der Waals surface area (Å²) in [6.45, 7) is 3.24. The molecule has 1 atom stereocenters. The first-order chi connectivity index (χ1) is 13.8. The fourth-order valence-corrected chi connectivity index (χ4v) is 2.76. The zero-order valence-electron chi connectivity index (χ0n) is 16.0. The Labute approximate surface area is 166 Å². The van der Waals surface area contributed by atoms with Gasteiger partial charge in [0.1, 0.15) is 5.82 Å². The second kappa shape index (κ2) is 8.64. The SMILES string of the molecule is Cc1ccc(NC(=O)[C@H](C)OC(=O)CCn2ncc(=O)c3ccccc32)cc1F. The number of carbonyl (C=O) groups excluding carboxylic acids is 2. The first-order valence-corrected chi connectivity index (χ1v) is 9.06. The summed E-state index contributed by atoms with van der Waals surface area (Å²) in [5, 5.41) is 7.06. The fraction of sp³-hybridized carbons (Fsp3) is 0.238. The van der Waals surface area contributed by atoms with Gasteiger partial charge in [-0.05, 0) is 43.7 Å². The van der Waals surface area contributed by atoms with Crippen LogP contribution in [-0.2, 0) is 20.9 Å². The van der Waals surface area contributed by atoms with Gasteiger partial charge >= 0.3 is 5.97 Å². The lowest BCUT2D eigenvalue weighted by atomic mass is 10.2. The second-order valence-electron chi connectivity index (χ2n) is 6.58. The molecular formula is C21H20FN3O4. The molecule has 29 heavy (non-hydrogen) atoms. The summed E-state index contributed by atoms with van der Waals surface area (Å²) in [5.41, 5.74) is 1.16. The van der Waals surface area contributed by atoms with Gasteiger partial charge in [-0.1, -0.05) is 18.2 Å². The molecule has 0 fully saturated rings. The molecule has 0 aliphatic carbocycles. The number of hydrogen-bond acceptors (Lipinski definition) is 5. The maximum atomic E-state index is 13.6. The Bertz CT molecular complexity index is 1130. The van der Waals surface area contributed by atoms with Crippen LogP contribution >= 0.6 is 0 Å². The number of carbonyl (C=O) groups is 2. The number of aryl methyl sites for hydroxylation is 2. The number of rotatable bonds is 6. The van der Waals surface area contributed by atoms with E-state index in [1.807, 2.05) is 0 Å². The number of para-hydroxylation sites is 1. The van der Waals surface area contributed by atoms with Gasteiger partial charge in [0.25, 0.3) is 5.91 Å². The van der Waals surface area contributed by atoms with Crippen LogP contribution in [0.4, 0.5) is 10.1 Å². The first kappa shape index (κ1) is 20.2. The van der Waals surface area contributed by atoms with E-state index in [0.717, 1.165) is 0 Å². The summed E-state index contributed by atoms with van der Waals surface area (Å²) >= 11 is 0. The smallest absolute Gasteiger partial charge is 0.308 e. The minimum absolute atomic E-state index is 0.0311. The van der Waals surface area contributed by atoms with Crippen molar-refractivity contribution in [3.05, 3.63) is 70.3 Å². The van der Waals surface area contributed by atoms with E-state index in [1.54, 1.807) is 43.3 Å². The van der Waals surface area contributed by atoms with Crippen LogP contribution < -0.4 is 10.7 Å². The molecule has 150 valence electrons. The monoisotopic (exact) mass is 397 g/mol. The maximum absolute atomic E-state index is 13.6. The van der Waals surface area contributed by atoms with Gasteiger partial charge in [-0.25, -0.2) is 4.39 Å². The molecule has 0 saturated heterocycles. The van der Waals surface area contributed by atoms with Crippen molar-refractivity contribution >= 4 is 28.5 Å². The molecule has 0 spiro atoms. The predicted octanol–water partition coefficient (Wildman–Crippen LogP) is 2.80. The Kier molecular flexibility index (Phi) is 6.01. The molecule has 0 saturated carbocycles. The molecule has 3 rings (SSSR count). The number of anilines is 1. The van der Waals surface area contributed by atoms with Crippen molar-refractivity contribution in [1.29, 1.82) is 0 Å². The quantitative estimate of drug-likeness (QED) is 0.646. The maximum Gasteiger partial charge on any atom is 0.308 e. The van der Waals surface area contributed by atoms with Crippen molar-refractivity contribution in [2.75, 3.05) is 5.32 Å². The lowest BCUT2D eigenvalue weighted by Crippen LogP contribution is -2.30. The Hall–Kier alpha value is -3.55. The highest BCUT2D eigenvalue weighted by Gasteiger charge is 2.18. The average Bonchev–Trinajstić information content (AvgIpc) is 2.70. The molecule has 0 unspecified atom stereocenters. The largest absolute Gasteiger partial charge is 0.452 e. The first-order valence-electron chi connectivity index (χ1n) is 9.06. The highest BCUT2D eigenvalue weighted by Crippen LogP contribution is 2.14. The summed E-state index contributed by atoms with van der Waals surface area (Å²) in [7, 11) is 0. The van der Waals surface area contributed by atoms with Crippen molar-refractivity contribution in [2.24, 2.45) is 0 Å². The zero-order valence-corrected chi connectivity index (χ0v) is 16.0. The van der Waals surface area contributed by atoms with Gasteiger partial charge in [0.05, 0.1) is 24.7 Å². The molecule has 0 radical (unpaired) electrons. The molecular weight excluding hydrogens is 377 g/mol. The van der Waals surface area contributed by atoms with E-state index in [-0.39, 0.29) is 24.1 Å². The number of fused-ring (bicyclic) bond motifs is 1. The molecule has 1 heterocycles. The van der Waals surface area contributed by atoms with Gasteiger partial charge in [-0.3, -0.25) is 19.1 Å². The lowest BCUT2D eigenvalue weighted by Gasteiger charge is -2.14. The number of aromatic nitrogens is 2. The third kappa shape index (κ3) is 4.84. The number of amides is 1. The third-order valence-electron chi connectivity index (χ3n) is 4.41. The topological polar surface area (TPSA) is 90.3 Å².